The van der Waals surface area contributed by atoms with Gasteiger partial charge in [0.25, 0.3) is 0 Å². The van der Waals surface area contributed by atoms with Crippen LogP contribution in [0.1, 0.15) is 221 Å². The first kappa shape index (κ1) is 48.3. The Balaban J connectivity index is 1.08. The lowest BCUT2D eigenvalue weighted by Gasteiger charge is -2.36. The fourth-order valence-corrected chi connectivity index (χ4v) is 14.7. The first-order chi connectivity index (χ1) is 28.9. The highest BCUT2D eigenvalue weighted by atomic mass is 16.1. The van der Waals surface area contributed by atoms with Gasteiger partial charge in [0.15, 0.2) is 0 Å². The Kier molecular flexibility index (Phi) is 19.0. The summed E-state index contributed by atoms with van der Waals surface area (Å²) in [5.74, 6) is 8.73. The highest BCUT2D eigenvalue weighted by molar-refractivity contribution is 5.84. The smallest absolute Gasteiger partial charge is 0.150 e. The third kappa shape index (κ3) is 13.9. The predicted octanol–water partition coefficient (Wildman–Crippen LogP) is 15.4. The highest BCUT2D eigenvalue weighted by Gasteiger charge is 2.51. The Hall–Kier alpha value is -1.19. The van der Waals surface area contributed by atoms with Gasteiger partial charge in [0.05, 0.1) is 6.04 Å². The number of carbonyl (C=O) groups is 1. The van der Waals surface area contributed by atoms with E-state index in [1.54, 1.807) is 0 Å². The molecule has 3 heteroatoms. The molecule has 6 saturated carbocycles. The molecule has 0 aromatic heterocycles. The van der Waals surface area contributed by atoms with Crippen LogP contribution in [0.2, 0.25) is 0 Å². The summed E-state index contributed by atoms with van der Waals surface area (Å²) in [6, 6.07) is 0.309. The van der Waals surface area contributed by atoms with Gasteiger partial charge in [-0.3, -0.25) is 4.79 Å². The molecular weight excluding hydrogens is 729 g/mol. The van der Waals surface area contributed by atoms with Gasteiger partial charge in [-0.1, -0.05) is 199 Å². The van der Waals surface area contributed by atoms with Crippen molar-refractivity contribution in [2.45, 2.75) is 233 Å². The molecule has 3 nitrogen and oxygen atoms in total. The van der Waals surface area contributed by atoms with Crippen LogP contribution in [0.25, 0.3) is 0 Å². The maximum absolute atomic E-state index is 14.2. The number of nitrogens with one attached hydrogen (secondary N) is 2. The summed E-state index contributed by atoms with van der Waals surface area (Å²) in [5, 5.41) is 8.26. The third-order valence-corrected chi connectivity index (χ3v) is 18.9. The van der Waals surface area contributed by atoms with E-state index in [1.807, 2.05) is 0 Å². The largest absolute Gasteiger partial charge is 0.310 e. The van der Waals surface area contributed by atoms with E-state index in [0.717, 1.165) is 86.1 Å². The van der Waals surface area contributed by atoms with E-state index in [9.17, 15) is 4.79 Å². The number of Topliss-reactive ketones (excluding diaryl/α,β-unsaturated/α-hetero) is 1. The maximum atomic E-state index is 14.2. The first-order valence-electron chi connectivity index (χ1n) is 26.9. The molecule has 60 heavy (non-hydrogen) atoms. The Labute approximate surface area is 372 Å². The molecule has 0 spiro atoms. The van der Waals surface area contributed by atoms with Crippen LogP contribution < -0.4 is 10.6 Å². The molecule has 0 heterocycles. The monoisotopic (exact) mass is 827 g/mol. The van der Waals surface area contributed by atoms with Gasteiger partial charge in [-0.2, -0.15) is 0 Å². The summed E-state index contributed by atoms with van der Waals surface area (Å²) < 4.78 is 0. The zero-order valence-corrected chi connectivity index (χ0v) is 40.5. The van der Waals surface area contributed by atoms with Crippen LogP contribution in [0, 0.1) is 70.5 Å². The van der Waals surface area contributed by atoms with Gasteiger partial charge in [0.2, 0.25) is 0 Å². The second-order valence-corrected chi connectivity index (χ2v) is 23.8. The van der Waals surface area contributed by atoms with E-state index in [2.05, 4.69) is 51.8 Å². The van der Waals surface area contributed by atoms with Crippen LogP contribution in [0.4, 0.5) is 0 Å². The van der Waals surface area contributed by atoms with Crippen molar-refractivity contribution in [3.05, 3.63) is 36.5 Å². The average molecular weight is 827 g/mol. The van der Waals surface area contributed by atoms with E-state index in [0.29, 0.717) is 29.6 Å². The fraction of sp³-hybridized carbons (Fsp3) is 0.877. The topological polar surface area (TPSA) is 41.1 Å². The van der Waals surface area contributed by atoms with Gasteiger partial charge in [0.1, 0.15) is 5.78 Å². The number of ketones is 1. The minimum Gasteiger partial charge on any atom is -0.310 e. The summed E-state index contributed by atoms with van der Waals surface area (Å²) in [7, 11) is 0. The van der Waals surface area contributed by atoms with E-state index in [4.69, 9.17) is 13.2 Å². The zero-order valence-electron chi connectivity index (χ0n) is 40.5. The summed E-state index contributed by atoms with van der Waals surface area (Å²) in [6.45, 7) is 29.1. The van der Waals surface area contributed by atoms with Gasteiger partial charge < -0.3 is 10.6 Å². The van der Waals surface area contributed by atoms with Crippen LogP contribution in [0.15, 0.2) is 36.5 Å². The van der Waals surface area contributed by atoms with Crippen LogP contribution in [0.3, 0.4) is 0 Å². The van der Waals surface area contributed by atoms with Gasteiger partial charge >= 0.3 is 0 Å². The lowest BCUT2D eigenvalue weighted by Crippen LogP contribution is -2.44. The van der Waals surface area contributed by atoms with Gasteiger partial charge in [-0.05, 0) is 128 Å². The number of rotatable bonds is 22. The Morgan fingerprint density at radius 2 is 1.08 bits per heavy atom. The van der Waals surface area contributed by atoms with Crippen LogP contribution in [-0.4, -0.2) is 31.0 Å². The summed E-state index contributed by atoms with van der Waals surface area (Å²) in [6.07, 6.45) is 37.7. The second kappa shape index (κ2) is 23.7. The summed E-state index contributed by atoms with van der Waals surface area (Å²) >= 11 is 0. The molecule has 0 aliphatic heterocycles. The van der Waals surface area contributed by atoms with Gasteiger partial charge in [-0.15, -0.1) is 0 Å². The molecule has 10 unspecified atom stereocenters. The van der Waals surface area contributed by atoms with Crippen molar-refractivity contribution in [1.82, 2.24) is 10.6 Å². The fourth-order valence-electron chi connectivity index (χ4n) is 14.7. The summed E-state index contributed by atoms with van der Waals surface area (Å²) in [5.41, 5.74) is 4.48. The van der Waals surface area contributed by atoms with Gasteiger partial charge in [-0.25, -0.2) is 0 Å². The lowest BCUT2D eigenvalue weighted by atomic mass is 9.72. The van der Waals surface area contributed by atoms with E-state index in [-0.39, 0.29) is 11.5 Å². The molecule has 6 aliphatic carbocycles. The van der Waals surface area contributed by atoms with Crippen molar-refractivity contribution in [1.29, 1.82) is 0 Å². The van der Waals surface area contributed by atoms with Crippen LogP contribution in [0.5, 0.6) is 0 Å². The molecule has 342 valence electrons. The Morgan fingerprint density at radius 3 is 1.60 bits per heavy atom. The number of carbonyl (C=O) groups excluding carboxylic acids is 1. The van der Waals surface area contributed by atoms with Crippen LogP contribution in [-0.2, 0) is 4.79 Å². The summed E-state index contributed by atoms with van der Waals surface area (Å²) in [4.78, 5) is 14.2. The van der Waals surface area contributed by atoms with Crippen molar-refractivity contribution < 1.29 is 4.79 Å². The van der Waals surface area contributed by atoms with E-state index < -0.39 is 0 Å². The molecule has 0 aromatic carbocycles. The molecule has 10 atom stereocenters. The average Bonchev–Trinajstić information content (AvgIpc) is 3.71. The minimum absolute atomic E-state index is 0.0603. The van der Waals surface area contributed by atoms with Crippen molar-refractivity contribution in [3.8, 4) is 0 Å². The molecule has 6 rings (SSSR count). The molecule has 2 N–H and O–H groups in total. The molecule has 0 saturated heterocycles. The molecule has 0 amide bonds. The van der Waals surface area contributed by atoms with Crippen molar-refractivity contribution in [2.75, 3.05) is 13.1 Å². The van der Waals surface area contributed by atoms with E-state index >= 15 is 0 Å². The lowest BCUT2D eigenvalue weighted by molar-refractivity contribution is -0.122. The molecule has 6 aliphatic rings. The standard InChI is InChI=1S/C57H98N2O/c1-40(29-47-21-13-9-14-22-47)31-53(43(4)33-49-25-17-11-18-26-49)58-38-44(5)52-34-42(3)46(7)56(52)51-35-45(6)57(8,37-51)39-59-54(55(60)36-50-27-19-12-20-28-50)32-41(2)30-48-23-15-10-16-24-48/h42,44-54,56,58-59H,1-2,4,9-39H2,3,5-8H3. The Morgan fingerprint density at radius 1 is 0.617 bits per heavy atom. The molecular formula is C57H98N2O. The van der Waals surface area contributed by atoms with Crippen molar-refractivity contribution >= 4 is 5.78 Å². The predicted molar refractivity (Wildman–Crippen MR) is 259 cm³/mol. The molecule has 6 fully saturated rings. The molecule has 0 radical (unpaired) electrons. The van der Waals surface area contributed by atoms with Crippen LogP contribution >= 0.6 is 0 Å². The molecule has 0 aromatic rings. The van der Waals surface area contributed by atoms with Crippen molar-refractivity contribution in [3.63, 3.8) is 0 Å². The Bertz CT molecular complexity index is 1340. The number of hydrogen-bond donors (Lipinski definition) is 2. The van der Waals surface area contributed by atoms with E-state index in [1.165, 1.54) is 177 Å². The van der Waals surface area contributed by atoms with Crippen molar-refractivity contribution in [2.24, 2.45) is 70.5 Å². The highest BCUT2D eigenvalue weighted by Crippen LogP contribution is 2.57. The number of hydrogen-bond acceptors (Lipinski definition) is 3. The second-order valence-electron chi connectivity index (χ2n) is 23.8. The zero-order chi connectivity index (χ0) is 42.6. The first-order valence-corrected chi connectivity index (χ1v) is 26.9. The third-order valence-electron chi connectivity index (χ3n) is 18.9. The quantitative estimate of drug-likeness (QED) is 0.107. The maximum Gasteiger partial charge on any atom is 0.150 e. The molecule has 0 bridgehead atoms. The minimum atomic E-state index is -0.0603. The normalized spacial score (nSPS) is 33.1. The van der Waals surface area contributed by atoms with Gasteiger partial charge in [0, 0.05) is 19.0 Å². The SMILES string of the molecule is C=C(CC1CCCCC1)CC(NCC(C)C1CC(C)C(C)C1C1CC(C)C(C)(CNC(CC(=C)CC2CCCCC2)C(=O)CC2CCCCC2)C1)C(=C)CC1CCCCC1.